The van der Waals surface area contributed by atoms with Crippen LogP contribution in [0.5, 0.6) is 5.75 Å². The van der Waals surface area contributed by atoms with E-state index in [1.54, 1.807) is 12.1 Å². The Morgan fingerprint density at radius 3 is 2.68 bits per heavy atom. The maximum Gasteiger partial charge on any atom is 0.226 e. The second-order valence-electron chi connectivity index (χ2n) is 7.58. The van der Waals surface area contributed by atoms with Gasteiger partial charge < -0.3 is 15.0 Å². The van der Waals surface area contributed by atoms with Crippen LogP contribution in [-0.2, 0) is 17.8 Å². The molecule has 0 bridgehead atoms. The lowest BCUT2D eigenvalue weighted by Gasteiger charge is -2.20. The van der Waals surface area contributed by atoms with Crippen LogP contribution in [0.15, 0.2) is 53.9 Å². The summed E-state index contributed by atoms with van der Waals surface area (Å²) < 4.78 is 5.72. The Kier molecular flexibility index (Phi) is 6.53. The number of amides is 1. The Labute approximate surface area is 189 Å². The number of carbonyl (C=O) groups excluding carboxylic acids is 1. The van der Waals surface area contributed by atoms with E-state index >= 15 is 0 Å². The van der Waals surface area contributed by atoms with Crippen LogP contribution in [0.3, 0.4) is 0 Å². The highest BCUT2D eigenvalue weighted by atomic mass is 35.5. The van der Waals surface area contributed by atoms with E-state index in [4.69, 9.17) is 16.3 Å². The number of hydrogen-bond acceptors (Lipinski definition) is 5. The number of H-pyrrole nitrogens is 1. The molecular weight excluding hydrogens is 432 g/mol. The summed E-state index contributed by atoms with van der Waals surface area (Å²) in [6.07, 6.45) is 0.209. The van der Waals surface area contributed by atoms with E-state index in [0.717, 1.165) is 33.3 Å². The number of aromatic amines is 1. The standard InChI is InChI=1S/C23H23ClN4O2S/c1-14(2)22(23-26-18-5-3-4-6-19(18)27-23)28-20(29)11-16-13-31-21(25-16)12-30-17-9-7-15(24)8-10-17/h3-10,13-14,22H,11-12H2,1-2H3,(H,26,27)(H,28,29)/t22-/m1/s1. The summed E-state index contributed by atoms with van der Waals surface area (Å²) in [5, 5.41) is 6.48. The number of fused-ring (bicyclic) bond motifs is 1. The number of nitrogens with one attached hydrogen (secondary N) is 2. The van der Waals surface area contributed by atoms with Crippen LogP contribution < -0.4 is 10.1 Å². The highest BCUT2D eigenvalue weighted by Gasteiger charge is 2.22. The first kappa shape index (κ1) is 21.3. The van der Waals surface area contributed by atoms with Crippen LogP contribution >= 0.6 is 22.9 Å². The third-order valence-electron chi connectivity index (χ3n) is 4.80. The van der Waals surface area contributed by atoms with E-state index in [0.29, 0.717) is 11.6 Å². The molecule has 160 valence electrons. The fourth-order valence-corrected chi connectivity index (χ4v) is 4.06. The van der Waals surface area contributed by atoms with E-state index in [1.165, 1.54) is 11.3 Å². The number of para-hydroxylation sites is 2. The minimum atomic E-state index is -0.203. The number of aromatic nitrogens is 3. The smallest absolute Gasteiger partial charge is 0.226 e. The van der Waals surface area contributed by atoms with Crippen molar-refractivity contribution in [2.45, 2.75) is 32.9 Å². The van der Waals surface area contributed by atoms with Crippen molar-refractivity contribution in [2.75, 3.05) is 0 Å². The number of ether oxygens (including phenoxy) is 1. The summed E-state index contributed by atoms with van der Waals surface area (Å²) in [4.78, 5) is 25.2. The highest BCUT2D eigenvalue weighted by molar-refractivity contribution is 7.09. The Balaban J connectivity index is 1.36. The van der Waals surface area contributed by atoms with Crippen molar-refractivity contribution in [1.82, 2.24) is 20.3 Å². The molecule has 4 aromatic rings. The van der Waals surface area contributed by atoms with E-state index in [1.807, 2.05) is 41.8 Å². The summed E-state index contributed by atoms with van der Waals surface area (Å²) in [5.74, 6) is 1.59. The minimum Gasteiger partial charge on any atom is -0.486 e. The zero-order chi connectivity index (χ0) is 21.8. The molecule has 1 amide bonds. The number of carbonyl (C=O) groups is 1. The molecule has 2 N–H and O–H groups in total. The first-order valence-corrected chi connectivity index (χ1v) is 11.3. The average molecular weight is 455 g/mol. The molecule has 0 aliphatic rings. The van der Waals surface area contributed by atoms with E-state index in [9.17, 15) is 4.79 Å². The van der Waals surface area contributed by atoms with Gasteiger partial charge in [-0.1, -0.05) is 37.6 Å². The Morgan fingerprint density at radius 1 is 1.16 bits per heavy atom. The van der Waals surface area contributed by atoms with Crippen molar-refractivity contribution < 1.29 is 9.53 Å². The predicted octanol–water partition coefficient (Wildman–Crippen LogP) is 5.31. The van der Waals surface area contributed by atoms with Gasteiger partial charge in [0, 0.05) is 10.4 Å². The molecule has 8 heteroatoms. The molecule has 0 saturated heterocycles. The van der Waals surface area contributed by atoms with Crippen LogP contribution in [0, 0.1) is 5.92 Å². The van der Waals surface area contributed by atoms with Gasteiger partial charge in [0.1, 0.15) is 23.2 Å². The molecule has 0 fully saturated rings. The third kappa shape index (κ3) is 5.42. The Morgan fingerprint density at radius 2 is 1.94 bits per heavy atom. The lowest BCUT2D eigenvalue weighted by Crippen LogP contribution is -2.33. The lowest BCUT2D eigenvalue weighted by molar-refractivity contribution is -0.121. The van der Waals surface area contributed by atoms with Gasteiger partial charge in [-0.3, -0.25) is 4.79 Å². The normalized spacial score (nSPS) is 12.3. The lowest BCUT2D eigenvalue weighted by atomic mass is 10.0. The second-order valence-corrected chi connectivity index (χ2v) is 8.96. The molecule has 0 aliphatic heterocycles. The summed E-state index contributed by atoms with van der Waals surface area (Å²) in [7, 11) is 0. The number of hydrogen-bond donors (Lipinski definition) is 2. The number of imidazole rings is 1. The topological polar surface area (TPSA) is 79.9 Å². The van der Waals surface area contributed by atoms with E-state index in [2.05, 4.69) is 34.1 Å². The third-order valence-corrected chi connectivity index (χ3v) is 5.93. The minimum absolute atomic E-state index is 0.0883. The maximum atomic E-state index is 12.7. The van der Waals surface area contributed by atoms with Gasteiger partial charge in [-0.25, -0.2) is 9.97 Å². The van der Waals surface area contributed by atoms with Gasteiger partial charge >= 0.3 is 0 Å². The first-order chi connectivity index (χ1) is 15.0. The number of nitrogens with zero attached hydrogens (tertiary/aromatic N) is 2. The molecule has 0 spiro atoms. The number of benzene rings is 2. The van der Waals surface area contributed by atoms with Gasteiger partial charge in [0.15, 0.2) is 0 Å². The Bertz CT molecular complexity index is 1140. The van der Waals surface area contributed by atoms with E-state index < -0.39 is 0 Å². The van der Waals surface area contributed by atoms with Gasteiger partial charge in [-0.15, -0.1) is 11.3 Å². The number of halogens is 1. The molecule has 31 heavy (non-hydrogen) atoms. The van der Waals surface area contributed by atoms with Crippen LogP contribution in [0.25, 0.3) is 11.0 Å². The molecule has 6 nitrogen and oxygen atoms in total. The molecule has 0 saturated carbocycles. The molecule has 2 aromatic heterocycles. The van der Waals surface area contributed by atoms with Crippen molar-refractivity contribution in [3.05, 3.63) is 75.5 Å². The molecule has 0 unspecified atom stereocenters. The van der Waals surface area contributed by atoms with E-state index in [-0.39, 0.29) is 24.3 Å². The summed E-state index contributed by atoms with van der Waals surface area (Å²) in [6.45, 7) is 4.47. The zero-order valence-electron chi connectivity index (χ0n) is 17.3. The zero-order valence-corrected chi connectivity index (χ0v) is 18.8. The fraction of sp³-hybridized carbons (Fsp3) is 0.261. The van der Waals surface area contributed by atoms with Gasteiger partial charge in [-0.05, 0) is 42.3 Å². The summed E-state index contributed by atoms with van der Waals surface area (Å²) in [6, 6.07) is 14.8. The van der Waals surface area contributed by atoms with Crippen molar-refractivity contribution in [3.63, 3.8) is 0 Å². The molecule has 0 aliphatic carbocycles. The largest absolute Gasteiger partial charge is 0.486 e. The monoisotopic (exact) mass is 454 g/mol. The van der Waals surface area contributed by atoms with Gasteiger partial charge in [0.25, 0.3) is 0 Å². The highest BCUT2D eigenvalue weighted by Crippen LogP contribution is 2.23. The fourth-order valence-electron chi connectivity index (χ4n) is 3.23. The van der Waals surface area contributed by atoms with Crippen LogP contribution in [0.2, 0.25) is 5.02 Å². The SMILES string of the molecule is CC(C)[C@@H](NC(=O)Cc1csc(COc2ccc(Cl)cc2)n1)c1nc2ccccc2[nH]1. The number of rotatable bonds is 8. The van der Waals surface area contributed by atoms with Crippen LogP contribution in [0.1, 0.15) is 36.4 Å². The van der Waals surface area contributed by atoms with Crippen LogP contribution in [0.4, 0.5) is 0 Å². The van der Waals surface area contributed by atoms with Crippen molar-refractivity contribution in [3.8, 4) is 5.75 Å². The van der Waals surface area contributed by atoms with Crippen LogP contribution in [-0.4, -0.2) is 20.9 Å². The van der Waals surface area contributed by atoms with Gasteiger partial charge in [0.2, 0.25) is 5.91 Å². The van der Waals surface area contributed by atoms with Crippen molar-refractivity contribution in [2.24, 2.45) is 5.92 Å². The quantitative estimate of drug-likeness (QED) is 0.378. The summed E-state index contributed by atoms with van der Waals surface area (Å²) in [5.41, 5.74) is 2.58. The molecule has 1 atom stereocenters. The Hall–Kier alpha value is -2.90. The first-order valence-electron chi connectivity index (χ1n) is 10.0. The molecule has 2 aromatic carbocycles. The number of thiazole rings is 1. The summed E-state index contributed by atoms with van der Waals surface area (Å²) >= 11 is 7.36. The molecule has 0 radical (unpaired) electrons. The van der Waals surface area contributed by atoms with Crippen molar-refractivity contribution in [1.29, 1.82) is 0 Å². The van der Waals surface area contributed by atoms with Gasteiger partial charge in [0.05, 0.1) is 29.2 Å². The maximum absolute atomic E-state index is 12.7. The predicted molar refractivity (Wildman–Crippen MR) is 123 cm³/mol. The van der Waals surface area contributed by atoms with Crippen molar-refractivity contribution >= 4 is 39.9 Å². The molecule has 2 heterocycles. The molecular formula is C23H23ClN4O2S. The second kappa shape index (κ2) is 9.49. The molecule has 4 rings (SSSR count). The average Bonchev–Trinajstić information content (AvgIpc) is 3.38. The van der Waals surface area contributed by atoms with Gasteiger partial charge in [-0.2, -0.15) is 0 Å².